The topological polar surface area (TPSA) is 93.5 Å². The summed E-state index contributed by atoms with van der Waals surface area (Å²) in [4.78, 5) is 29.1. The van der Waals surface area contributed by atoms with Crippen molar-refractivity contribution in [1.29, 1.82) is 0 Å². The molecule has 160 valence electrons. The number of piperidine rings is 1. The number of hydrogen-bond acceptors (Lipinski definition) is 6. The molecule has 0 radical (unpaired) electrons. The highest BCUT2D eigenvalue weighted by Crippen LogP contribution is 2.27. The van der Waals surface area contributed by atoms with Crippen LogP contribution in [-0.2, 0) is 11.3 Å². The van der Waals surface area contributed by atoms with Crippen molar-refractivity contribution in [3.8, 4) is 5.75 Å². The molecule has 1 aromatic carbocycles. The second-order valence-corrected chi connectivity index (χ2v) is 6.87. The molecule has 11 heteroatoms. The van der Waals surface area contributed by atoms with Crippen molar-refractivity contribution in [2.45, 2.75) is 51.2 Å². The Kier molecular flexibility index (Phi) is 7.25. The van der Waals surface area contributed by atoms with Gasteiger partial charge in [0.2, 0.25) is 0 Å². The molecule has 2 N–H and O–H groups in total. The van der Waals surface area contributed by atoms with Gasteiger partial charge in [-0.3, -0.25) is 14.2 Å². The van der Waals surface area contributed by atoms with E-state index in [9.17, 15) is 27.9 Å². The fraction of sp³-hybridized carbons (Fsp3) is 0.500. The van der Waals surface area contributed by atoms with Crippen LogP contribution in [-0.4, -0.2) is 45.5 Å². The van der Waals surface area contributed by atoms with Gasteiger partial charge in [0, 0.05) is 12.5 Å². The number of benzene rings is 1. The predicted octanol–water partition coefficient (Wildman–Crippen LogP) is 2.10. The smallest absolute Gasteiger partial charge is 0.406 e. The van der Waals surface area contributed by atoms with Gasteiger partial charge in [-0.15, -0.1) is 25.6 Å². The van der Waals surface area contributed by atoms with E-state index in [4.69, 9.17) is 0 Å². The molecular weight excluding hydrogens is 415 g/mol. The van der Waals surface area contributed by atoms with Crippen molar-refractivity contribution < 1.29 is 27.8 Å². The molecule has 0 saturated carbocycles. The predicted molar refractivity (Wildman–Crippen MR) is 101 cm³/mol. The molecule has 2 heterocycles. The van der Waals surface area contributed by atoms with Gasteiger partial charge in [0.25, 0.3) is 5.56 Å². The van der Waals surface area contributed by atoms with E-state index in [2.05, 4.69) is 15.0 Å². The van der Waals surface area contributed by atoms with Crippen molar-refractivity contribution in [2.75, 3.05) is 6.54 Å². The Morgan fingerprint density at radius 2 is 2.14 bits per heavy atom. The Morgan fingerprint density at radius 3 is 2.79 bits per heavy atom. The molecule has 1 aliphatic heterocycles. The molecule has 0 unspecified atom stereocenters. The summed E-state index contributed by atoms with van der Waals surface area (Å²) in [5, 5.41) is 12.9. The van der Waals surface area contributed by atoms with Crippen LogP contribution in [0.3, 0.4) is 0 Å². The first-order valence-corrected chi connectivity index (χ1v) is 8.83. The van der Waals surface area contributed by atoms with Crippen LogP contribution in [0.5, 0.6) is 5.75 Å². The number of rotatable bonds is 5. The van der Waals surface area contributed by atoms with Crippen LogP contribution in [0.4, 0.5) is 13.2 Å². The minimum atomic E-state index is -4.88. The summed E-state index contributed by atoms with van der Waals surface area (Å²) < 4.78 is 42.4. The van der Waals surface area contributed by atoms with Crippen molar-refractivity contribution in [1.82, 2.24) is 14.9 Å². The van der Waals surface area contributed by atoms with Crippen LogP contribution < -0.4 is 15.6 Å². The summed E-state index contributed by atoms with van der Waals surface area (Å²) in [6, 6.07) is 1.74. The van der Waals surface area contributed by atoms with Crippen LogP contribution in [0, 0.1) is 6.92 Å². The largest absolute Gasteiger partial charge is 0.573 e. The minimum absolute atomic E-state index is 0. The normalized spacial score (nSPS) is 19.6. The zero-order valence-corrected chi connectivity index (χ0v) is 16.3. The third-order valence-electron chi connectivity index (χ3n) is 4.67. The average Bonchev–Trinajstić information content (AvgIpc) is 2.58. The van der Waals surface area contributed by atoms with Crippen molar-refractivity contribution in [3.63, 3.8) is 0 Å². The molecule has 0 amide bonds. The van der Waals surface area contributed by atoms with E-state index in [1.54, 1.807) is 0 Å². The van der Waals surface area contributed by atoms with E-state index in [1.807, 2.05) is 0 Å². The van der Waals surface area contributed by atoms with E-state index in [1.165, 1.54) is 13.3 Å². The molecule has 1 saturated heterocycles. The maximum absolute atomic E-state index is 12.7. The SMILES string of the molecule is Cc1cc(OC(F)(F)F)cc2c(=O)n(CC(=O)C[C@H]3NCCC[C@@H]3O)cnc12.Cl. The van der Waals surface area contributed by atoms with Gasteiger partial charge in [-0.25, -0.2) is 4.98 Å². The maximum atomic E-state index is 12.7. The number of ether oxygens (including phenoxy) is 1. The summed E-state index contributed by atoms with van der Waals surface area (Å²) in [5.74, 6) is -0.809. The minimum Gasteiger partial charge on any atom is -0.406 e. The fourth-order valence-electron chi connectivity index (χ4n) is 3.36. The van der Waals surface area contributed by atoms with Crippen LogP contribution in [0.25, 0.3) is 10.9 Å². The zero-order valence-electron chi connectivity index (χ0n) is 15.5. The van der Waals surface area contributed by atoms with E-state index in [-0.39, 0.29) is 48.1 Å². The maximum Gasteiger partial charge on any atom is 0.573 e. The number of carbonyl (C=O) groups is 1. The highest BCUT2D eigenvalue weighted by Gasteiger charge is 2.31. The Bertz CT molecular complexity index is 948. The van der Waals surface area contributed by atoms with Gasteiger partial charge in [0.1, 0.15) is 5.75 Å². The van der Waals surface area contributed by atoms with Gasteiger partial charge in [-0.2, -0.15) is 0 Å². The van der Waals surface area contributed by atoms with Crippen molar-refractivity contribution in [2.24, 2.45) is 0 Å². The van der Waals surface area contributed by atoms with Crippen molar-refractivity contribution >= 4 is 29.1 Å². The van der Waals surface area contributed by atoms with Gasteiger partial charge < -0.3 is 15.2 Å². The summed E-state index contributed by atoms with van der Waals surface area (Å²) in [5.41, 5.74) is -0.0410. The highest BCUT2D eigenvalue weighted by atomic mass is 35.5. The molecule has 1 fully saturated rings. The first-order chi connectivity index (χ1) is 13.1. The number of ketones is 1. The lowest BCUT2D eigenvalue weighted by atomic mass is 9.97. The Balaban J connectivity index is 0.00000300. The van der Waals surface area contributed by atoms with Gasteiger partial charge in [0.15, 0.2) is 5.78 Å². The Labute approximate surface area is 170 Å². The number of carbonyl (C=O) groups excluding carboxylic acids is 1. The molecular formula is C18H21ClF3N3O4. The number of aryl methyl sites for hydroxylation is 1. The van der Waals surface area contributed by atoms with Crippen LogP contribution in [0.1, 0.15) is 24.8 Å². The van der Waals surface area contributed by atoms with Gasteiger partial charge in [0.05, 0.1) is 29.9 Å². The van der Waals surface area contributed by atoms with Crippen LogP contribution in [0.15, 0.2) is 23.3 Å². The molecule has 0 aliphatic carbocycles. The zero-order chi connectivity index (χ0) is 20.5. The molecule has 2 atom stereocenters. The molecule has 0 spiro atoms. The number of nitrogens with one attached hydrogen (secondary N) is 1. The molecule has 7 nitrogen and oxygen atoms in total. The van der Waals surface area contributed by atoms with E-state index >= 15 is 0 Å². The number of aliphatic hydroxyl groups excluding tert-OH is 1. The second-order valence-electron chi connectivity index (χ2n) is 6.87. The molecule has 1 aliphatic rings. The van der Waals surface area contributed by atoms with Gasteiger partial charge in [-0.05, 0) is 44.0 Å². The molecule has 1 aromatic heterocycles. The molecule has 0 bridgehead atoms. The third kappa shape index (κ3) is 5.68. The standard InChI is InChI=1S/C18H20F3N3O4.ClH/c1-10-5-12(28-18(19,20)21)7-13-16(10)23-9-24(17(13)27)8-11(25)6-14-15(26)3-2-4-22-14;/h5,7,9,14-15,22,26H,2-4,6,8H2,1H3;1H/t14-,15+;/m1./s1. The number of aromatic nitrogens is 2. The number of alkyl halides is 3. The Morgan fingerprint density at radius 1 is 1.41 bits per heavy atom. The number of hydrogen-bond donors (Lipinski definition) is 2. The van der Waals surface area contributed by atoms with Crippen LogP contribution >= 0.6 is 12.4 Å². The number of aliphatic hydroxyl groups is 1. The number of nitrogens with zero attached hydrogens (tertiary/aromatic N) is 2. The monoisotopic (exact) mass is 435 g/mol. The van der Waals surface area contributed by atoms with Crippen LogP contribution in [0.2, 0.25) is 0 Å². The fourth-order valence-corrected chi connectivity index (χ4v) is 3.36. The third-order valence-corrected chi connectivity index (χ3v) is 4.67. The summed E-state index contributed by atoms with van der Waals surface area (Å²) in [7, 11) is 0. The van der Waals surface area contributed by atoms with Crippen molar-refractivity contribution in [3.05, 3.63) is 34.4 Å². The number of halogens is 4. The second kappa shape index (κ2) is 9.10. The lowest BCUT2D eigenvalue weighted by Gasteiger charge is -2.28. The number of Topliss-reactive ketones (excluding diaryl/α,β-unsaturated/α-hetero) is 1. The summed E-state index contributed by atoms with van der Waals surface area (Å²) >= 11 is 0. The molecule has 29 heavy (non-hydrogen) atoms. The van der Waals surface area contributed by atoms with E-state index in [0.29, 0.717) is 18.5 Å². The average molecular weight is 436 g/mol. The molecule has 2 aromatic rings. The first-order valence-electron chi connectivity index (χ1n) is 8.83. The summed E-state index contributed by atoms with van der Waals surface area (Å²) in [6.45, 7) is 1.94. The Hall–Kier alpha value is -2.17. The van der Waals surface area contributed by atoms with Gasteiger partial charge >= 0.3 is 6.36 Å². The van der Waals surface area contributed by atoms with E-state index in [0.717, 1.165) is 23.1 Å². The first kappa shape index (κ1) is 23.1. The van der Waals surface area contributed by atoms with Gasteiger partial charge in [-0.1, -0.05) is 0 Å². The lowest BCUT2D eigenvalue weighted by Crippen LogP contribution is -2.46. The summed E-state index contributed by atoms with van der Waals surface area (Å²) in [6.07, 6.45) is -2.85. The molecule has 3 rings (SSSR count). The highest BCUT2D eigenvalue weighted by molar-refractivity contribution is 5.85. The van der Waals surface area contributed by atoms with E-state index < -0.39 is 23.8 Å². The quantitative estimate of drug-likeness (QED) is 0.747. The lowest BCUT2D eigenvalue weighted by molar-refractivity contribution is -0.274. The number of fused-ring (bicyclic) bond motifs is 1.